The van der Waals surface area contributed by atoms with Crippen molar-refractivity contribution in [2.45, 2.75) is 78.0 Å². The number of carbonyl (C=O) groups is 1. The van der Waals surface area contributed by atoms with Crippen LogP contribution in [0.3, 0.4) is 0 Å². The van der Waals surface area contributed by atoms with Crippen LogP contribution in [0, 0.1) is 12.8 Å². The number of ether oxygens (including phenoxy) is 2. The predicted octanol–water partition coefficient (Wildman–Crippen LogP) is 6.73. The second kappa shape index (κ2) is 9.69. The zero-order chi connectivity index (χ0) is 24.6. The van der Waals surface area contributed by atoms with Crippen LogP contribution in [0.15, 0.2) is 42.5 Å². The molecule has 0 saturated carbocycles. The average molecular weight is 475 g/mol. The Labute approximate surface area is 208 Å². The highest BCUT2D eigenvalue weighted by Gasteiger charge is 2.38. The number of nitrogens with one attached hydrogen (secondary N) is 1. The SMILES string of the molecule is CCCCN1CCCC[C@H]2Cc3c(ccc4[nH]c(C)c(C(=O)OC(C)(C)c5ccccc5)c34)O[C@H]21. The summed E-state index contributed by atoms with van der Waals surface area (Å²) in [4.78, 5) is 19.6. The number of H-pyrrole nitrogens is 1. The fourth-order valence-corrected chi connectivity index (χ4v) is 5.88. The monoisotopic (exact) mass is 474 g/mol. The first-order valence-electron chi connectivity index (χ1n) is 13.2. The van der Waals surface area contributed by atoms with Crippen molar-refractivity contribution < 1.29 is 14.3 Å². The lowest BCUT2D eigenvalue weighted by Crippen LogP contribution is -2.47. The van der Waals surface area contributed by atoms with E-state index in [4.69, 9.17) is 9.47 Å². The number of carbonyl (C=O) groups excluding carboxylic acids is 1. The van der Waals surface area contributed by atoms with Crippen LogP contribution >= 0.6 is 0 Å². The van der Waals surface area contributed by atoms with Gasteiger partial charge < -0.3 is 14.5 Å². The van der Waals surface area contributed by atoms with Gasteiger partial charge >= 0.3 is 5.97 Å². The molecule has 0 aliphatic carbocycles. The van der Waals surface area contributed by atoms with Crippen molar-refractivity contribution >= 4 is 16.9 Å². The molecule has 1 N–H and O–H groups in total. The van der Waals surface area contributed by atoms with Crippen molar-refractivity contribution in [3.63, 3.8) is 0 Å². The summed E-state index contributed by atoms with van der Waals surface area (Å²) in [5.41, 5.74) is 3.85. The van der Waals surface area contributed by atoms with Gasteiger partial charge in [-0.2, -0.15) is 0 Å². The van der Waals surface area contributed by atoms with E-state index in [1.54, 1.807) is 0 Å². The number of hydrogen-bond donors (Lipinski definition) is 1. The number of nitrogens with zero attached hydrogens (tertiary/aromatic N) is 1. The second-order valence-electron chi connectivity index (χ2n) is 10.7. The van der Waals surface area contributed by atoms with E-state index in [9.17, 15) is 4.79 Å². The summed E-state index contributed by atoms with van der Waals surface area (Å²) >= 11 is 0. The Hall–Kier alpha value is -2.79. The van der Waals surface area contributed by atoms with Crippen LogP contribution in [-0.4, -0.2) is 35.2 Å². The number of aromatic nitrogens is 1. The first-order chi connectivity index (χ1) is 16.9. The normalized spacial score (nSPS) is 20.6. The van der Waals surface area contributed by atoms with Crippen molar-refractivity contribution in [2.75, 3.05) is 13.1 Å². The van der Waals surface area contributed by atoms with Gasteiger partial charge in [0.1, 0.15) is 11.4 Å². The highest BCUT2D eigenvalue weighted by Crippen LogP contribution is 2.42. The second-order valence-corrected chi connectivity index (χ2v) is 10.7. The summed E-state index contributed by atoms with van der Waals surface area (Å²) in [5, 5.41) is 0.969. The maximum Gasteiger partial charge on any atom is 0.341 e. The van der Waals surface area contributed by atoms with E-state index in [2.05, 4.69) is 22.9 Å². The van der Waals surface area contributed by atoms with Crippen LogP contribution in [0.1, 0.15) is 80.1 Å². The molecule has 0 spiro atoms. The van der Waals surface area contributed by atoms with E-state index < -0.39 is 5.60 Å². The molecule has 5 nitrogen and oxygen atoms in total. The largest absolute Gasteiger partial charge is 0.475 e. The van der Waals surface area contributed by atoms with Gasteiger partial charge in [-0.05, 0) is 64.2 Å². The van der Waals surface area contributed by atoms with E-state index in [1.165, 1.54) is 25.7 Å². The van der Waals surface area contributed by atoms with E-state index >= 15 is 0 Å². The Bertz CT molecular complexity index is 1200. The predicted molar refractivity (Wildman–Crippen MR) is 140 cm³/mol. The quantitative estimate of drug-likeness (QED) is 0.402. The number of esters is 1. The summed E-state index contributed by atoms with van der Waals surface area (Å²) in [5.74, 6) is 1.06. The van der Waals surface area contributed by atoms with E-state index in [1.807, 2.05) is 57.2 Å². The van der Waals surface area contributed by atoms with E-state index in [0.717, 1.165) is 59.4 Å². The smallest absolute Gasteiger partial charge is 0.341 e. The average Bonchev–Trinajstić information content (AvgIpc) is 3.07. The van der Waals surface area contributed by atoms with Gasteiger partial charge in [0.15, 0.2) is 6.23 Å². The van der Waals surface area contributed by atoms with Crippen molar-refractivity contribution in [2.24, 2.45) is 5.92 Å². The molecule has 2 aliphatic rings. The van der Waals surface area contributed by atoms with Crippen molar-refractivity contribution in [1.29, 1.82) is 0 Å². The molecular weight excluding hydrogens is 436 g/mol. The molecule has 0 bridgehead atoms. The number of hydrogen-bond acceptors (Lipinski definition) is 4. The molecule has 3 aromatic rings. The first-order valence-corrected chi connectivity index (χ1v) is 13.2. The zero-order valence-corrected chi connectivity index (χ0v) is 21.5. The highest BCUT2D eigenvalue weighted by atomic mass is 16.6. The maximum absolute atomic E-state index is 13.6. The summed E-state index contributed by atoms with van der Waals surface area (Å²) in [6.07, 6.45) is 7.06. The fraction of sp³-hybridized carbons (Fsp3) is 0.500. The third-order valence-electron chi connectivity index (χ3n) is 7.78. The molecule has 186 valence electrons. The van der Waals surface area contributed by atoms with Gasteiger partial charge in [-0.15, -0.1) is 0 Å². The van der Waals surface area contributed by atoms with Crippen LogP contribution < -0.4 is 4.74 Å². The van der Waals surface area contributed by atoms with E-state index in [0.29, 0.717) is 11.5 Å². The minimum absolute atomic E-state index is 0.126. The third-order valence-corrected chi connectivity index (χ3v) is 7.78. The molecule has 0 radical (unpaired) electrons. The Balaban J connectivity index is 1.50. The van der Waals surface area contributed by atoms with Gasteiger partial charge in [-0.3, -0.25) is 4.90 Å². The van der Waals surface area contributed by atoms with Gasteiger partial charge in [0.05, 0.1) is 5.56 Å². The number of fused-ring (bicyclic) bond motifs is 4. The summed E-state index contributed by atoms with van der Waals surface area (Å²) < 4.78 is 12.8. The Morgan fingerprint density at radius 1 is 1.17 bits per heavy atom. The minimum atomic E-state index is -0.730. The number of aromatic amines is 1. The van der Waals surface area contributed by atoms with Crippen molar-refractivity contribution in [1.82, 2.24) is 9.88 Å². The van der Waals surface area contributed by atoms with Gasteiger partial charge in [-0.25, -0.2) is 4.79 Å². The molecule has 1 saturated heterocycles. The van der Waals surface area contributed by atoms with Crippen LogP contribution in [0.25, 0.3) is 10.9 Å². The molecule has 5 heteroatoms. The Kier molecular flexibility index (Phi) is 6.63. The molecule has 35 heavy (non-hydrogen) atoms. The third kappa shape index (κ3) is 4.58. The summed E-state index contributed by atoms with van der Waals surface area (Å²) in [7, 11) is 0. The van der Waals surface area contributed by atoms with Crippen molar-refractivity contribution in [3.05, 3.63) is 64.8 Å². The molecule has 2 aliphatic heterocycles. The van der Waals surface area contributed by atoms with Gasteiger partial charge in [-0.1, -0.05) is 50.1 Å². The molecule has 3 heterocycles. The molecule has 2 atom stereocenters. The van der Waals surface area contributed by atoms with Crippen LogP contribution in [0.4, 0.5) is 0 Å². The zero-order valence-electron chi connectivity index (χ0n) is 21.5. The number of aryl methyl sites for hydroxylation is 1. The van der Waals surface area contributed by atoms with Crippen molar-refractivity contribution in [3.8, 4) is 5.75 Å². The first kappa shape index (κ1) is 23.9. The molecule has 0 amide bonds. The lowest BCUT2D eigenvalue weighted by atomic mass is 9.87. The molecule has 2 aromatic carbocycles. The van der Waals surface area contributed by atoms with Gasteiger partial charge in [0, 0.05) is 41.2 Å². The lowest BCUT2D eigenvalue weighted by molar-refractivity contribution is -0.0236. The molecular formula is C30H38N2O3. The fourth-order valence-electron chi connectivity index (χ4n) is 5.88. The lowest BCUT2D eigenvalue weighted by Gasteiger charge is -2.39. The van der Waals surface area contributed by atoms with Gasteiger partial charge in [0.2, 0.25) is 0 Å². The maximum atomic E-state index is 13.6. The highest BCUT2D eigenvalue weighted by molar-refractivity contribution is 6.07. The number of benzene rings is 2. The van der Waals surface area contributed by atoms with Gasteiger partial charge in [0.25, 0.3) is 0 Å². The topological polar surface area (TPSA) is 54.6 Å². The standard InChI is InChI=1S/C30H38N2O3/c1-5-6-17-32-18-11-10-12-21-19-23-25(34-28(21)32)16-15-24-27(23)26(20(2)31-24)29(33)35-30(3,4)22-13-8-7-9-14-22/h7-9,13-16,21,28,31H,5-6,10-12,17-19H2,1-4H3/t21-,28+/m0/s1. The van der Waals surface area contributed by atoms with Crippen LogP contribution in [-0.2, 0) is 16.8 Å². The summed E-state index contributed by atoms with van der Waals surface area (Å²) in [6.45, 7) is 10.3. The minimum Gasteiger partial charge on any atom is -0.475 e. The molecule has 5 rings (SSSR count). The Morgan fingerprint density at radius 2 is 1.97 bits per heavy atom. The molecule has 1 aromatic heterocycles. The molecule has 0 unspecified atom stereocenters. The number of rotatable bonds is 6. The van der Waals surface area contributed by atoms with Crippen LogP contribution in [0.5, 0.6) is 5.75 Å². The van der Waals surface area contributed by atoms with E-state index in [-0.39, 0.29) is 12.2 Å². The summed E-state index contributed by atoms with van der Waals surface area (Å²) in [6, 6.07) is 14.1. The Morgan fingerprint density at radius 3 is 2.74 bits per heavy atom. The molecule has 1 fully saturated rings. The number of likely N-dealkylation sites (tertiary alicyclic amines) is 1. The number of unbranched alkanes of at least 4 members (excludes halogenated alkanes) is 1. The van der Waals surface area contributed by atoms with Crippen LogP contribution in [0.2, 0.25) is 0 Å².